The maximum absolute atomic E-state index is 13.8. The number of rotatable bonds is 4. The Morgan fingerprint density at radius 3 is 2.42 bits per heavy atom. The van der Waals surface area contributed by atoms with Crippen LogP contribution in [0.25, 0.3) is 6.08 Å². The zero-order valence-corrected chi connectivity index (χ0v) is 17.8. The van der Waals surface area contributed by atoms with E-state index in [2.05, 4.69) is 0 Å². The van der Waals surface area contributed by atoms with E-state index in [9.17, 15) is 14.4 Å². The van der Waals surface area contributed by atoms with Crippen molar-refractivity contribution in [3.63, 3.8) is 0 Å². The van der Waals surface area contributed by atoms with Crippen LogP contribution in [0.5, 0.6) is 5.75 Å². The zero-order valence-electron chi connectivity index (χ0n) is 17.8. The van der Waals surface area contributed by atoms with Gasteiger partial charge in [-0.15, -0.1) is 0 Å². The number of ether oxygens (including phenoxy) is 1. The van der Waals surface area contributed by atoms with Gasteiger partial charge in [-0.1, -0.05) is 24.3 Å². The lowest BCUT2D eigenvalue weighted by atomic mass is 9.84. The fourth-order valence-corrected chi connectivity index (χ4v) is 5.41. The van der Waals surface area contributed by atoms with Crippen LogP contribution in [0.2, 0.25) is 0 Å². The first kappa shape index (κ1) is 19.5. The molecular formula is C26H20N2O5. The van der Waals surface area contributed by atoms with Crippen LogP contribution in [0.3, 0.4) is 0 Å². The van der Waals surface area contributed by atoms with Crippen LogP contribution in [0.4, 0.5) is 5.69 Å². The van der Waals surface area contributed by atoms with E-state index in [0.29, 0.717) is 11.4 Å². The Labute approximate surface area is 189 Å². The summed E-state index contributed by atoms with van der Waals surface area (Å²) in [5.74, 6) is -1.69. The molecule has 4 atom stereocenters. The van der Waals surface area contributed by atoms with Crippen LogP contribution in [0, 0.1) is 11.8 Å². The van der Waals surface area contributed by atoms with E-state index < -0.39 is 23.9 Å². The fourth-order valence-electron chi connectivity index (χ4n) is 5.41. The molecule has 1 aromatic heterocycles. The average Bonchev–Trinajstić information content (AvgIpc) is 3.55. The van der Waals surface area contributed by atoms with Crippen LogP contribution in [0.1, 0.15) is 27.7 Å². The third-order valence-electron chi connectivity index (χ3n) is 6.82. The Morgan fingerprint density at radius 1 is 0.939 bits per heavy atom. The Kier molecular flexibility index (Phi) is 4.26. The van der Waals surface area contributed by atoms with Crippen molar-refractivity contribution >= 4 is 29.4 Å². The van der Waals surface area contributed by atoms with Crippen LogP contribution in [-0.2, 0) is 9.59 Å². The van der Waals surface area contributed by atoms with Gasteiger partial charge in [0.05, 0.1) is 36.9 Å². The van der Waals surface area contributed by atoms with Crippen LogP contribution < -0.4 is 9.64 Å². The molecule has 3 aliphatic rings. The first-order valence-corrected chi connectivity index (χ1v) is 10.7. The maximum atomic E-state index is 13.8. The number of anilines is 1. The number of methoxy groups -OCH3 is 1. The Bertz CT molecular complexity index is 1290. The quantitative estimate of drug-likeness (QED) is 0.455. The van der Waals surface area contributed by atoms with Crippen molar-refractivity contribution in [2.45, 2.75) is 12.1 Å². The zero-order chi connectivity index (χ0) is 22.7. The Hall–Kier alpha value is -4.13. The molecule has 0 saturated carbocycles. The Balaban J connectivity index is 1.48. The molecule has 3 aliphatic heterocycles. The molecule has 164 valence electrons. The highest BCUT2D eigenvalue weighted by Crippen LogP contribution is 2.53. The van der Waals surface area contributed by atoms with Crippen LogP contribution in [0.15, 0.2) is 77.5 Å². The molecular weight excluding hydrogens is 420 g/mol. The number of carbonyl (C=O) groups is 3. The number of benzene rings is 2. The highest BCUT2D eigenvalue weighted by Gasteiger charge is 2.64. The lowest BCUT2D eigenvalue weighted by molar-refractivity contribution is -0.123. The fraction of sp³-hybridized carbons (Fsp3) is 0.192. The molecule has 4 heterocycles. The smallest absolute Gasteiger partial charge is 0.240 e. The normalized spacial score (nSPS) is 25.1. The van der Waals surface area contributed by atoms with Gasteiger partial charge in [-0.2, -0.15) is 0 Å². The molecule has 0 N–H and O–H groups in total. The Morgan fingerprint density at radius 2 is 1.70 bits per heavy atom. The van der Waals surface area contributed by atoms with Crippen molar-refractivity contribution < 1.29 is 23.5 Å². The number of Topliss-reactive ketones (excluding diaryl/α,β-unsaturated/α-hetero) is 1. The van der Waals surface area contributed by atoms with Gasteiger partial charge in [0, 0.05) is 6.20 Å². The largest absolute Gasteiger partial charge is 0.497 e. The number of furan rings is 1. The second-order valence-corrected chi connectivity index (χ2v) is 8.38. The minimum atomic E-state index is -0.838. The van der Waals surface area contributed by atoms with Gasteiger partial charge >= 0.3 is 0 Å². The molecule has 0 aliphatic carbocycles. The molecule has 2 aromatic carbocycles. The van der Waals surface area contributed by atoms with E-state index in [1.165, 1.54) is 11.2 Å². The summed E-state index contributed by atoms with van der Waals surface area (Å²) in [5, 5.41) is 0. The number of amides is 2. The lowest BCUT2D eigenvalue weighted by Crippen LogP contribution is -2.44. The van der Waals surface area contributed by atoms with Gasteiger partial charge in [0.1, 0.15) is 11.8 Å². The van der Waals surface area contributed by atoms with E-state index >= 15 is 0 Å². The first-order chi connectivity index (χ1) is 16.1. The number of nitrogens with zero attached hydrogens (tertiary/aromatic N) is 2. The monoisotopic (exact) mass is 440 g/mol. The third kappa shape index (κ3) is 2.72. The van der Waals surface area contributed by atoms with Crippen molar-refractivity contribution in [3.8, 4) is 5.75 Å². The SMILES string of the molecule is COc1ccc(N2C(=O)[C@@H]3[C@H](C2=O)[C@@H]2c4ccccc4C=CN2[C@H]3C(=O)c2ccco2)cc1. The van der Waals surface area contributed by atoms with Crippen molar-refractivity contribution in [1.82, 2.24) is 4.90 Å². The van der Waals surface area contributed by atoms with Gasteiger partial charge < -0.3 is 14.1 Å². The number of imide groups is 1. The molecule has 6 rings (SSSR count). The highest BCUT2D eigenvalue weighted by atomic mass is 16.5. The van der Waals surface area contributed by atoms with Crippen molar-refractivity contribution in [3.05, 3.63) is 90.0 Å². The molecule has 2 fully saturated rings. The minimum absolute atomic E-state index is 0.176. The highest BCUT2D eigenvalue weighted by molar-refractivity contribution is 6.24. The number of fused-ring (bicyclic) bond motifs is 5. The van der Waals surface area contributed by atoms with Crippen LogP contribution in [-0.4, -0.2) is 35.6 Å². The summed E-state index contributed by atoms with van der Waals surface area (Å²) in [4.78, 5) is 44.1. The lowest BCUT2D eigenvalue weighted by Gasteiger charge is -2.35. The van der Waals surface area contributed by atoms with Crippen molar-refractivity contribution in [1.29, 1.82) is 0 Å². The van der Waals surface area contributed by atoms with Crippen molar-refractivity contribution in [2.24, 2.45) is 11.8 Å². The molecule has 2 amide bonds. The standard InChI is InChI=1S/C26H20N2O5/c1-32-17-10-8-16(9-11-17)28-25(30)20-21(26(28)31)23(24(29)19-7-4-14-33-19)27-13-12-15-5-2-3-6-18(15)22(20)27/h2-14,20-23H,1H3/t20-,21+,22-,23+/m0/s1. The molecule has 0 radical (unpaired) electrons. The summed E-state index contributed by atoms with van der Waals surface area (Å²) < 4.78 is 10.6. The summed E-state index contributed by atoms with van der Waals surface area (Å²) >= 11 is 0. The molecule has 0 spiro atoms. The van der Waals surface area contributed by atoms with Gasteiger partial charge in [0.15, 0.2) is 5.76 Å². The minimum Gasteiger partial charge on any atom is -0.497 e. The third-order valence-corrected chi connectivity index (χ3v) is 6.82. The summed E-state index contributed by atoms with van der Waals surface area (Å²) in [6, 6.07) is 16.5. The predicted molar refractivity (Wildman–Crippen MR) is 119 cm³/mol. The van der Waals surface area contributed by atoms with Gasteiger partial charge in [0.25, 0.3) is 0 Å². The topological polar surface area (TPSA) is 80.1 Å². The van der Waals surface area contributed by atoms with E-state index in [-0.39, 0.29) is 23.4 Å². The molecule has 0 bridgehead atoms. The van der Waals surface area contributed by atoms with Gasteiger partial charge in [-0.25, -0.2) is 4.90 Å². The molecule has 0 unspecified atom stereocenters. The van der Waals surface area contributed by atoms with Gasteiger partial charge in [0.2, 0.25) is 17.6 Å². The van der Waals surface area contributed by atoms with E-state index in [0.717, 1.165) is 11.1 Å². The number of ketones is 1. The second-order valence-electron chi connectivity index (χ2n) is 8.38. The summed E-state index contributed by atoms with van der Waals surface area (Å²) in [7, 11) is 1.55. The van der Waals surface area contributed by atoms with Crippen LogP contribution >= 0.6 is 0 Å². The molecule has 7 heteroatoms. The summed E-state index contributed by atoms with van der Waals surface area (Å²) in [5.41, 5.74) is 2.38. The van der Waals surface area contributed by atoms with Crippen molar-refractivity contribution in [2.75, 3.05) is 12.0 Å². The molecule has 33 heavy (non-hydrogen) atoms. The maximum Gasteiger partial charge on any atom is 0.240 e. The predicted octanol–water partition coefficient (Wildman–Crippen LogP) is 3.69. The number of hydrogen-bond donors (Lipinski definition) is 0. The van der Waals surface area contributed by atoms with Gasteiger partial charge in [-0.05, 0) is 53.6 Å². The average molecular weight is 440 g/mol. The molecule has 3 aromatic rings. The summed E-state index contributed by atoms with van der Waals surface area (Å²) in [6.07, 6.45) is 5.18. The van der Waals surface area contributed by atoms with Gasteiger partial charge in [-0.3, -0.25) is 14.4 Å². The van der Waals surface area contributed by atoms with E-state index in [1.807, 2.05) is 41.4 Å². The molecule has 2 saturated heterocycles. The second kappa shape index (κ2) is 7.20. The number of carbonyl (C=O) groups excluding carboxylic acids is 3. The first-order valence-electron chi connectivity index (χ1n) is 10.7. The van der Waals surface area contributed by atoms with E-state index in [1.54, 1.807) is 43.5 Å². The van der Waals surface area contributed by atoms with E-state index in [4.69, 9.17) is 9.15 Å². The molecule has 7 nitrogen and oxygen atoms in total. The summed E-state index contributed by atoms with van der Waals surface area (Å²) in [6.45, 7) is 0. The number of hydrogen-bond acceptors (Lipinski definition) is 6.